The van der Waals surface area contributed by atoms with Crippen LogP contribution >= 0.6 is 0 Å². The summed E-state index contributed by atoms with van der Waals surface area (Å²) in [4.78, 5) is 3.32. The van der Waals surface area contributed by atoms with Gasteiger partial charge in [0.15, 0.2) is 0 Å². The maximum atomic E-state index is 5.31. The van der Waals surface area contributed by atoms with Crippen molar-refractivity contribution in [2.24, 2.45) is 0 Å². The summed E-state index contributed by atoms with van der Waals surface area (Å²) in [5.74, 6) is 1.02. The molecule has 1 heterocycles. The Bertz CT molecular complexity index is 742. The Balaban J connectivity index is 2.11. The average Bonchev–Trinajstić information content (AvgIpc) is 2.93. The Hall–Kier alpha value is -2.48. The highest BCUT2D eigenvalue weighted by Gasteiger charge is 2.15. The van der Waals surface area contributed by atoms with Crippen molar-refractivity contribution >= 4 is 10.9 Å². The quantitative estimate of drug-likeness (QED) is 0.689. The average molecular weight is 263 g/mol. The minimum Gasteiger partial charge on any atom is -0.497 e. The summed E-state index contributed by atoms with van der Waals surface area (Å²) in [6.45, 7) is 4.00. The van der Waals surface area contributed by atoms with Gasteiger partial charge in [-0.25, -0.2) is 0 Å². The maximum absolute atomic E-state index is 5.31. The highest BCUT2D eigenvalue weighted by atomic mass is 16.5. The molecule has 0 spiro atoms. The second-order valence-electron chi connectivity index (χ2n) is 4.78. The van der Waals surface area contributed by atoms with Gasteiger partial charge in [-0.3, -0.25) is 0 Å². The van der Waals surface area contributed by atoms with Crippen LogP contribution in [-0.4, -0.2) is 12.1 Å². The Morgan fingerprint density at radius 3 is 2.80 bits per heavy atom. The van der Waals surface area contributed by atoms with Crippen LogP contribution in [0.4, 0.5) is 0 Å². The Kier molecular flexibility index (Phi) is 3.30. The zero-order valence-corrected chi connectivity index (χ0v) is 11.5. The third-order valence-corrected chi connectivity index (χ3v) is 3.64. The van der Waals surface area contributed by atoms with Gasteiger partial charge >= 0.3 is 0 Å². The van der Waals surface area contributed by atoms with Crippen molar-refractivity contribution in [2.45, 2.75) is 5.92 Å². The van der Waals surface area contributed by atoms with Crippen LogP contribution in [-0.2, 0) is 0 Å². The molecule has 0 aliphatic heterocycles. The summed E-state index contributed by atoms with van der Waals surface area (Å²) >= 11 is 0. The second-order valence-corrected chi connectivity index (χ2v) is 4.78. The number of H-pyrrole nitrogens is 1. The molecule has 0 saturated carbocycles. The molecule has 1 N–H and O–H groups in total. The number of fused-ring (bicyclic) bond motifs is 1. The lowest BCUT2D eigenvalue weighted by Crippen LogP contribution is -1.97. The standard InChI is InChI=1S/C18H17NO/c1-3-15(13-7-6-8-14(11-13)20-2)17-12-19-18-10-5-4-9-16(17)18/h3-12,15,19H,1H2,2H3/t15-/m0/s1. The van der Waals surface area contributed by atoms with Crippen molar-refractivity contribution in [3.05, 3.63) is 78.5 Å². The van der Waals surface area contributed by atoms with Gasteiger partial charge < -0.3 is 9.72 Å². The number of hydrogen-bond acceptors (Lipinski definition) is 1. The normalized spacial score (nSPS) is 12.2. The number of ether oxygens (including phenoxy) is 1. The van der Waals surface area contributed by atoms with E-state index in [1.165, 1.54) is 16.5 Å². The van der Waals surface area contributed by atoms with Crippen molar-refractivity contribution in [1.29, 1.82) is 0 Å². The maximum Gasteiger partial charge on any atom is 0.119 e. The molecule has 3 rings (SSSR count). The summed E-state index contributed by atoms with van der Waals surface area (Å²) in [6.07, 6.45) is 4.04. The monoisotopic (exact) mass is 263 g/mol. The summed E-state index contributed by atoms with van der Waals surface area (Å²) in [7, 11) is 1.69. The molecule has 2 heteroatoms. The van der Waals surface area contributed by atoms with E-state index >= 15 is 0 Å². The smallest absolute Gasteiger partial charge is 0.119 e. The fourth-order valence-corrected chi connectivity index (χ4v) is 2.63. The van der Waals surface area contributed by atoms with Gasteiger partial charge in [0, 0.05) is 23.0 Å². The van der Waals surface area contributed by atoms with Crippen LogP contribution in [0.5, 0.6) is 5.75 Å². The Morgan fingerprint density at radius 1 is 1.15 bits per heavy atom. The second kappa shape index (κ2) is 5.25. The van der Waals surface area contributed by atoms with E-state index < -0.39 is 0 Å². The van der Waals surface area contributed by atoms with E-state index in [1.54, 1.807) is 7.11 Å². The number of aromatic nitrogens is 1. The van der Waals surface area contributed by atoms with Gasteiger partial charge in [0.05, 0.1) is 7.11 Å². The van der Waals surface area contributed by atoms with E-state index in [0.717, 1.165) is 11.3 Å². The van der Waals surface area contributed by atoms with E-state index in [1.807, 2.05) is 24.3 Å². The first-order valence-corrected chi connectivity index (χ1v) is 6.66. The summed E-state index contributed by atoms with van der Waals surface area (Å²) < 4.78 is 5.31. The predicted molar refractivity (Wildman–Crippen MR) is 83.3 cm³/mol. The van der Waals surface area contributed by atoms with E-state index in [-0.39, 0.29) is 5.92 Å². The molecule has 20 heavy (non-hydrogen) atoms. The van der Waals surface area contributed by atoms with E-state index in [4.69, 9.17) is 4.74 Å². The minimum atomic E-state index is 0.154. The molecule has 0 radical (unpaired) electrons. The van der Waals surface area contributed by atoms with Crippen LogP contribution < -0.4 is 4.74 Å². The molecule has 1 aromatic heterocycles. The third kappa shape index (κ3) is 2.10. The zero-order chi connectivity index (χ0) is 13.9. The van der Waals surface area contributed by atoms with Gasteiger partial charge in [-0.15, -0.1) is 6.58 Å². The molecular weight excluding hydrogens is 246 g/mol. The van der Waals surface area contributed by atoms with Gasteiger partial charge in [0.25, 0.3) is 0 Å². The zero-order valence-electron chi connectivity index (χ0n) is 11.5. The molecular formula is C18H17NO. The fraction of sp³-hybridized carbons (Fsp3) is 0.111. The van der Waals surface area contributed by atoms with E-state index in [0.29, 0.717) is 0 Å². The van der Waals surface area contributed by atoms with Crippen LogP contribution in [0.1, 0.15) is 17.0 Å². The predicted octanol–water partition coefficient (Wildman–Crippen LogP) is 4.49. The number of allylic oxidation sites excluding steroid dienone is 1. The molecule has 2 nitrogen and oxygen atoms in total. The molecule has 1 atom stereocenters. The molecule has 0 aliphatic rings. The van der Waals surface area contributed by atoms with Gasteiger partial charge in [-0.05, 0) is 29.3 Å². The lowest BCUT2D eigenvalue weighted by atomic mass is 9.91. The SMILES string of the molecule is C=C[C@@H](c1cccc(OC)c1)c1c[nH]c2ccccc12. The van der Waals surface area contributed by atoms with Crippen molar-refractivity contribution in [3.63, 3.8) is 0 Å². The highest BCUT2D eigenvalue weighted by molar-refractivity contribution is 5.84. The molecule has 2 aromatic carbocycles. The Morgan fingerprint density at radius 2 is 2.00 bits per heavy atom. The minimum absolute atomic E-state index is 0.154. The van der Waals surface area contributed by atoms with Gasteiger partial charge in [-0.1, -0.05) is 36.4 Å². The lowest BCUT2D eigenvalue weighted by molar-refractivity contribution is 0.414. The molecule has 0 aliphatic carbocycles. The molecule has 0 unspecified atom stereocenters. The van der Waals surface area contributed by atoms with Gasteiger partial charge in [0.1, 0.15) is 5.75 Å². The van der Waals surface area contributed by atoms with Crippen LogP contribution in [0.3, 0.4) is 0 Å². The fourth-order valence-electron chi connectivity index (χ4n) is 2.63. The summed E-state index contributed by atoms with van der Waals surface area (Å²) in [5.41, 5.74) is 3.57. The van der Waals surface area contributed by atoms with Gasteiger partial charge in [-0.2, -0.15) is 0 Å². The first kappa shape index (κ1) is 12.5. The number of benzene rings is 2. The third-order valence-electron chi connectivity index (χ3n) is 3.64. The number of hydrogen-bond donors (Lipinski definition) is 1. The van der Waals surface area contributed by atoms with Crippen LogP contribution in [0.25, 0.3) is 10.9 Å². The summed E-state index contributed by atoms with van der Waals surface area (Å²) in [6, 6.07) is 16.5. The molecule has 0 amide bonds. The van der Waals surface area contributed by atoms with Crippen molar-refractivity contribution in [2.75, 3.05) is 7.11 Å². The van der Waals surface area contributed by atoms with Crippen LogP contribution in [0, 0.1) is 0 Å². The molecule has 100 valence electrons. The number of methoxy groups -OCH3 is 1. The summed E-state index contributed by atoms with van der Waals surface area (Å²) in [5, 5.41) is 1.24. The van der Waals surface area contributed by atoms with Gasteiger partial charge in [0.2, 0.25) is 0 Å². The van der Waals surface area contributed by atoms with Crippen molar-refractivity contribution in [1.82, 2.24) is 4.98 Å². The molecule has 3 aromatic rings. The van der Waals surface area contributed by atoms with Crippen LogP contribution in [0.15, 0.2) is 67.4 Å². The first-order chi connectivity index (χ1) is 9.83. The molecule has 0 fully saturated rings. The number of rotatable bonds is 4. The van der Waals surface area contributed by atoms with Crippen LogP contribution in [0.2, 0.25) is 0 Å². The number of aromatic amines is 1. The number of para-hydroxylation sites is 1. The molecule has 0 bridgehead atoms. The van der Waals surface area contributed by atoms with Crippen molar-refractivity contribution < 1.29 is 4.74 Å². The van der Waals surface area contributed by atoms with Crippen molar-refractivity contribution in [3.8, 4) is 5.75 Å². The van der Waals surface area contributed by atoms with E-state index in [2.05, 4.69) is 48.1 Å². The molecule has 0 saturated heterocycles. The number of nitrogens with one attached hydrogen (secondary N) is 1. The topological polar surface area (TPSA) is 25.0 Å². The Labute approximate surface area is 118 Å². The largest absolute Gasteiger partial charge is 0.497 e. The van der Waals surface area contributed by atoms with E-state index in [9.17, 15) is 0 Å². The first-order valence-electron chi connectivity index (χ1n) is 6.66. The highest BCUT2D eigenvalue weighted by Crippen LogP contribution is 2.32. The lowest BCUT2D eigenvalue weighted by Gasteiger charge is -2.13.